The number of amides is 1. The largest absolute Gasteiger partial charge is 0.505 e. The summed E-state index contributed by atoms with van der Waals surface area (Å²) in [6.07, 6.45) is -0.557. The van der Waals surface area contributed by atoms with Crippen molar-refractivity contribution in [3.8, 4) is 17.6 Å². The van der Waals surface area contributed by atoms with Crippen LogP contribution in [0.5, 0.6) is 5.75 Å². The van der Waals surface area contributed by atoms with Crippen molar-refractivity contribution < 1.29 is 19.0 Å². The zero-order chi connectivity index (χ0) is 14.5. The van der Waals surface area contributed by atoms with Crippen LogP contribution in [0.4, 0.5) is 9.18 Å². The Kier molecular flexibility index (Phi) is 4.76. The standard InChI is InChI=1S/C14H16FNO3/c1-14(2,3)19-13(18)16-8-4-5-10-6-7-12(17)11(15)9-10/h6-7,9,17H,8H2,1-3H3,(H,16,18). The number of aromatic hydroxyl groups is 1. The van der Waals surface area contributed by atoms with Gasteiger partial charge in [-0.2, -0.15) is 0 Å². The number of hydrogen-bond acceptors (Lipinski definition) is 3. The number of ether oxygens (including phenoxy) is 1. The SMILES string of the molecule is CC(C)(C)OC(=O)NCC#Cc1ccc(O)c(F)c1. The first-order valence-corrected chi connectivity index (χ1v) is 5.72. The molecule has 0 fully saturated rings. The minimum Gasteiger partial charge on any atom is -0.505 e. The molecule has 1 rings (SSSR count). The third-order valence-corrected chi connectivity index (χ3v) is 1.90. The molecule has 1 aromatic carbocycles. The zero-order valence-electron chi connectivity index (χ0n) is 11.1. The normalized spacial score (nSPS) is 10.3. The van der Waals surface area contributed by atoms with E-state index in [2.05, 4.69) is 17.2 Å². The highest BCUT2D eigenvalue weighted by atomic mass is 19.1. The smallest absolute Gasteiger partial charge is 0.408 e. The molecule has 0 saturated heterocycles. The Morgan fingerprint density at radius 3 is 2.74 bits per heavy atom. The predicted molar refractivity (Wildman–Crippen MR) is 69.2 cm³/mol. The third kappa shape index (κ3) is 5.77. The van der Waals surface area contributed by atoms with Gasteiger partial charge < -0.3 is 15.2 Å². The average Bonchev–Trinajstić information content (AvgIpc) is 2.27. The molecule has 0 atom stereocenters. The van der Waals surface area contributed by atoms with Crippen molar-refractivity contribution in [1.29, 1.82) is 0 Å². The van der Waals surface area contributed by atoms with E-state index in [0.29, 0.717) is 5.56 Å². The monoisotopic (exact) mass is 265 g/mol. The fourth-order valence-corrected chi connectivity index (χ4v) is 1.16. The maximum atomic E-state index is 13.0. The molecule has 0 spiro atoms. The van der Waals surface area contributed by atoms with E-state index in [9.17, 15) is 9.18 Å². The van der Waals surface area contributed by atoms with E-state index in [0.717, 1.165) is 6.07 Å². The molecule has 0 radical (unpaired) electrons. The number of alkyl carbamates (subject to hydrolysis) is 1. The van der Waals surface area contributed by atoms with Gasteiger partial charge in [0.25, 0.3) is 0 Å². The first kappa shape index (κ1) is 14.8. The summed E-state index contributed by atoms with van der Waals surface area (Å²) in [5.41, 5.74) is -0.140. The fourth-order valence-electron chi connectivity index (χ4n) is 1.16. The molecule has 0 unspecified atom stereocenters. The molecule has 1 amide bonds. The van der Waals surface area contributed by atoms with Crippen molar-refractivity contribution in [3.63, 3.8) is 0 Å². The van der Waals surface area contributed by atoms with E-state index < -0.39 is 23.3 Å². The van der Waals surface area contributed by atoms with Gasteiger partial charge in [-0.25, -0.2) is 9.18 Å². The minimum atomic E-state index is -0.730. The molecule has 0 saturated carbocycles. The lowest BCUT2D eigenvalue weighted by atomic mass is 10.2. The Morgan fingerprint density at radius 1 is 1.47 bits per heavy atom. The van der Waals surface area contributed by atoms with Gasteiger partial charge in [-0.15, -0.1) is 0 Å². The van der Waals surface area contributed by atoms with Gasteiger partial charge in [0.15, 0.2) is 11.6 Å². The Morgan fingerprint density at radius 2 is 2.16 bits per heavy atom. The van der Waals surface area contributed by atoms with Crippen LogP contribution >= 0.6 is 0 Å². The topological polar surface area (TPSA) is 58.6 Å². The zero-order valence-corrected chi connectivity index (χ0v) is 11.1. The van der Waals surface area contributed by atoms with E-state index in [-0.39, 0.29) is 6.54 Å². The van der Waals surface area contributed by atoms with Crippen LogP contribution in [0.25, 0.3) is 0 Å². The average molecular weight is 265 g/mol. The van der Waals surface area contributed by atoms with Gasteiger partial charge in [0.05, 0.1) is 6.54 Å². The highest BCUT2D eigenvalue weighted by Crippen LogP contribution is 2.15. The number of hydrogen-bond donors (Lipinski definition) is 2. The third-order valence-electron chi connectivity index (χ3n) is 1.90. The summed E-state index contributed by atoms with van der Waals surface area (Å²) in [5, 5.41) is 11.5. The molecule has 2 N–H and O–H groups in total. The van der Waals surface area contributed by atoms with Gasteiger partial charge in [0.1, 0.15) is 5.60 Å². The summed E-state index contributed by atoms with van der Waals surface area (Å²) >= 11 is 0. The quantitative estimate of drug-likeness (QED) is 0.767. The molecule has 0 aliphatic carbocycles. The van der Waals surface area contributed by atoms with Crippen LogP contribution < -0.4 is 5.32 Å². The second-order valence-electron chi connectivity index (χ2n) is 4.82. The maximum Gasteiger partial charge on any atom is 0.408 e. The number of phenols is 1. The minimum absolute atomic E-state index is 0.0947. The second-order valence-corrected chi connectivity index (χ2v) is 4.82. The molecule has 102 valence electrons. The van der Waals surface area contributed by atoms with Gasteiger partial charge in [-0.05, 0) is 39.0 Å². The summed E-state index contributed by atoms with van der Waals surface area (Å²) in [6, 6.07) is 3.83. The first-order chi connectivity index (χ1) is 8.78. The molecule has 5 heteroatoms. The molecule has 1 aromatic rings. The summed E-state index contributed by atoms with van der Waals surface area (Å²) in [4.78, 5) is 11.3. The predicted octanol–water partition coefficient (Wildman–Crippen LogP) is 2.41. The van der Waals surface area contributed by atoms with Crippen LogP contribution in [0.2, 0.25) is 0 Å². The Balaban J connectivity index is 2.47. The molecular formula is C14H16FNO3. The maximum absolute atomic E-state index is 13.0. The number of carbonyl (C=O) groups is 1. The lowest BCUT2D eigenvalue weighted by Crippen LogP contribution is -2.32. The Bertz CT molecular complexity index is 524. The van der Waals surface area contributed by atoms with Crippen LogP contribution in [0.15, 0.2) is 18.2 Å². The van der Waals surface area contributed by atoms with Crippen molar-refractivity contribution in [3.05, 3.63) is 29.6 Å². The molecule has 4 nitrogen and oxygen atoms in total. The summed E-state index contributed by atoms with van der Waals surface area (Å²) in [6.45, 7) is 5.38. The van der Waals surface area contributed by atoms with Crippen molar-refractivity contribution in [1.82, 2.24) is 5.32 Å². The van der Waals surface area contributed by atoms with Crippen LogP contribution in [0.3, 0.4) is 0 Å². The highest BCUT2D eigenvalue weighted by Gasteiger charge is 2.14. The molecular weight excluding hydrogens is 249 g/mol. The van der Waals surface area contributed by atoms with E-state index in [1.54, 1.807) is 20.8 Å². The number of halogens is 1. The van der Waals surface area contributed by atoms with E-state index in [1.165, 1.54) is 12.1 Å². The number of nitrogens with one attached hydrogen (secondary N) is 1. The summed E-state index contributed by atoms with van der Waals surface area (Å²) in [7, 11) is 0. The van der Waals surface area contributed by atoms with Crippen molar-refractivity contribution in [2.24, 2.45) is 0 Å². The lowest BCUT2D eigenvalue weighted by Gasteiger charge is -2.18. The van der Waals surface area contributed by atoms with E-state index in [1.807, 2.05) is 0 Å². The Hall–Kier alpha value is -2.22. The van der Waals surface area contributed by atoms with E-state index in [4.69, 9.17) is 9.84 Å². The molecule has 0 aromatic heterocycles. The molecule has 19 heavy (non-hydrogen) atoms. The second kappa shape index (κ2) is 6.10. The van der Waals surface area contributed by atoms with Gasteiger partial charge in [-0.1, -0.05) is 11.8 Å². The van der Waals surface area contributed by atoms with Crippen molar-refractivity contribution in [2.75, 3.05) is 6.54 Å². The van der Waals surface area contributed by atoms with Crippen LogP contribution in [0, 0.1) is 17.7 Å². The molecule has 0 aliphatic heterocycles. The van der Waals surface area contributed by atoms with Crippen molar-refractivity contribution >= 4 is 6.09 Å². The van der Waals surface area contributed by atoms with Crippen LogP contribution in [-0.2, 0) is 4.74 Å². The number of benzene rings is 1. The van der Waals surface area contributed by atoms with Gasteiger partial charge in [0.2, 0.25) is 0 Å². The number of carbonyl (C=O) groups excluding carboxylic acids is 1. The molecule has 0 aliphatic rings. The number of rotatable bonds is 1. The molecule has 0 heterocycles. The van der Waals surface area contributed by atoms with Gasteiger partial charge in [0, 0.05) is 5.56 Å². The Labute approximate surface area is 111 Å². The van der Waals surface area contributed by atoms with Crippen molar-refractivity contribution in [2.45, 2.75) is 26.4 Å². The number of phenolic OH excluding ortho intramolecular Hbond substituents is 1. The van der Waals surface area contributed by atoms with Crippen LogP contribution in [0.1, 0.15) is 26.3 Å². The van der Waals surface area contributed by atoms with Gasteiger partial charge in [-0.3, -0.25) is 0 Å². The van der Waals surface area contributed by atoms with Crippen LogP contribution in [-0.4, -0.2) is 23.3 Å². The fraction of sp³-hybridized carbons (Fsp3) is 0.357. The summed E-state index contributed by atoms with van der Waals surface area (Å²) < 4.78 is 18.0. The van der Waals surface area contributed by atoms with E-state index >= 15 is 0 Å². The lowest BCUT2D eigenvalue weighted by molar-refractivity contribution is 0.0535. The first-order valence-electron chi connectivity index (χ1n) is 5.72. The summed E-state index contributed by atoms with van der Waals surface area (Å²) in [5.74, 6) is 4.17. The highest BCUT2D eigenvalue weighted by molar-refractivity contribution is 5.68. The van der Waals surface area contributed by atoms with Gasteiger partial charge >= 0.3 is 6.09 Å². The molecule has 0 bridgehead atoms.